The normalized spacial score (nSPS) is 9.77. The number of carbonyl (C=O) groups is 1. The first kappa shape index (κ1) is 9.99. The van der Waals surface area contributed by atoms with Gasteiger partial charge in [0.1, 0.15) is 11.7 Å². The zero-order valence-corrected chi connectivity index (χ0v) is 7.86. The van der Waals surface area contributed by atoms with Crippen molar-refractivity contribution in [2.45, 2.75) is 6.92 Å². The number of hydrogen-bond donors (Lipinski definition) is 1. The molecule has 1 aromatic rings. The van der Waals surface area contributed by atoms with Gasteiger partial charge in [-0.05, 0) is 24.6 Å². The second-order valence-electron chi connectivity index (χ2n) is 2.67. The van der Waals surface area contributed by atoms with E-state index in [1.807, 2.05) is 0 Å². The number of carbonyl (C=O) groups excluding carboxylic acids is 1. The van der Waals surface area contributed by atoms with Crippen molar-refractivity contribution in [2.75, 3.05) is 11.2 Å². The van der Waals surface area contributed by atoms with Gasteiger partial charge < -0.3 is 5.32 Å². The van der Waals surface area contributed by atoms with Crippen LogP contribution >= 0.6 is 11.6 Å². The van der Waals surface area contributed by atoms with Crippen molar-refractivity contribution >= 4 is 23.2 Å². The van der Waals surface area contributed by atoms with Crippen LogP contribution in [-0.2, 0) is 4.79 Å². The maximum absolute atomic E-state index is 13.1. The molecule has 0 spiro atoms. The highest BCUT2D eigenvalue weighted by Crippen LogP contribution is 2.14. The van der Waals surface area contributed by atoms with E-state index in [4.69, 9.17) is 11.6 Å². The van der Waals surface area contributed by atoms with Gasteiger partial charge >= 0.3 is 0 Å². The Morgan fingerprint density at radius 1 is 1.62 bits per heavy atom. The molecular formula is C9H9ClFNO. The molecule has 0 aliphatic carbocycles. The molecule has 0 atom stereocenters. The highest BCUT2D eigenvalue weighted by atomic mass is 35.5. The molecular weight excluding hydrogens is 193 g/mol. The van der Waals surface area contributed by atoms with Gasteiger partial charge in [0.05, 0.1) is 5.69 Å². The summed E-state index contributed by atoms with van der Waals surface area (Å²) in [5.74, 6) is -1.03. The molecule has 0 heterocycles. The maximum Gasteiger partial charge on any atom is 0.239 e. The zero-order valence-electron chi connectivity index (χ0n) is 7.10. The van der Waals surface area contributed by atoms with Crippen LogP contribution in [0.15, 0.2) is 18.2 Å². The summed E-state index contributed by atoms with van der Waals surface area (Å²) in [4.78, 5) is 10.8. The standard InChI is InChI=1S/C9H9ClFNO/c1-6-2-3-8(7(11)4-6)12-9(13)5-10/h2-4H,5H2,1H3,(H,12,13). The first-order valence-corrected chi connectivity index (χ1v) is 4.29. The van der Waals surface area contributed by atoms with E-state index in [-0.39, 0.29) is 11.6 Å². The van der Waals surface area contributed by atoms with Crippen molar-refractivity contribution in [2.24, 2.45) is 0 Å². The van der Waals surface area contributed by atoms with Crippen LogP contribution in [0.1, 0.15) is 5.56 Å². The number of amides is 1. The number of hydrogen-bond acceptors (Lipinski definition) is 1. The van der Waals surface area contributed by atoms with E-state index in [9.17, 15) is 9.18 Å². The smallest absolute Gasteiger partial charge is 0.239 e. The Morgan fingerprint density at radius 3 is 2.85 bits per heavy atom. The van der Waals surface area contributed by atoms with E-state index < -0.39 is 11.7 Å². The minimum Gasteiger partial charge on any atom is -0.323 e. The van der Waals surface area contributed by atoms with E-state index in [1.54, 1.807) is 13.0 Å². The summed E-state index contributed by atoms with van der Waals surface area (Å²) in [6, 6.07) is 4.58. The van der Waals surface area contributed by atoms with Crippen LogP contribution in [0.5, 0.6) is 0 Å². The predicted octanol–water partition coefficient (Wildman–Crippen LogP) is 2.31. The van der Waals surface area contributed by atoms with Gasteiger partial charge in [0.2, 0.25) is 5.91 Å². The van der Waals surface area contributed by atoms with Crippen LogP contribution in [0.3, 0.4) is 0 Å². The van der Waals surface area contributed by atoms with Crippen molar-refractivity contribution in [1.82, 2.24) is 0 Å². The molecule has 2 nitrogen and oxygen atoms in total. The number of alkyl halides is 1. The lowest BCUT2D eigenvalue weighted by atomic mass is 10.2. The topological polar surface area (TPSA) is 29.1 Å². The fourth-order valence-electron chi connectivity index (χ4n) is 0.905. The number of halogens is 2. The van der Waals surface area contributed by atoms with E-state index in [0.29, 0.717) is 0 Å². The van der Waals surface area contributed by atoms with Gasteiger partial charge in [0, 0.05) is 0 Å². The summed E-state index contributed by atoms with van der Waals surface area (Å²) in [6.45, 7) is 1.77. The molecule has 13 heavy (non-hydrogen) atoms. The minimum atomic E-state index is -0.446. The molecule has 1 N–H and O–H groups in total. The summed E-state index contributed by atoms with van der Waals surface area (Å²) in [6.07, 6.45) is 0. The zero-order chi connectivity index (χ0) is 9.84. The third-order valence-electron chi connectivity index (χ3n) is 1.52. The Balaban J connectivity index is 2.83. The van der Waals surface area contributed by atoms with Crippen molar-refractivity contribution in [3.05, 3.63) is 29.6 Å². The fourth-order valence-corrected chi connectivity index (χ4v) is 0.972. The molecule has 0 unspecified atom stereocenters. The second-order valence-corrected chi connectivity index (χ2v) is 2.93. The number of aryl methyl sites for hydroxylation is 1. The van der Waals surface area contributed by atoms with Crippen LogP contribution in [0, 0.1) is 12.7 Å². The summed E-state index contributed by atoms with van der Waals surface area (Å²) in [5.41, 5.74) is 0.970. The van der Waals surface area contributed by atoms with E-state index >= 15 is 0 Å². The molecule has 1 amide bonds. The third-order valence-corrected chi connectivity index (χ3v) is 1.76. The minimum absolute atomic E-state index is 0.163. The first-order valence-electron chi connectivity index (χ1n) is 3.75. The number of benzene rings is 1. The van der Waals surface area contributed by atoms with Gasteiger partial charge in [0.25, 0.3) is 0 Å². The summed E-state index contributed by atoms with van der Waals surface area (Å²) in [7, 11) is 0. The maximum atomic E-state index is 13.1. The number of rotatable bonds is 2. The lowest BCUT2D eigenvalue weighted by Crippen LogP contribution is -2.13. The number of anilines is 1. The Kier molecular flexibility index (Phi) is 3.25. The van der Waals surface area contributed by atoms with Gasteiger partial charge in [-0.25, -0.2) is 4.39 Å². The average molecular weight is 202 g/mol. The molecule has 70 valence electrons. The average Bonchev–Trinajstić information content (AvgIpc) is 2.09. The van der Waals surface area contributed by atoms with Gasteiger partial charge in [-0.1, -0.05) is 6.07 Å². The number of nitrogens with one attached hydrogen (secondary N) is 1. The molecule has 4 heteroatoms. The molecule has 0 aliphatic heterocycles. The van der Waals surface area contributed by atoms with Crippen LogP contribution in [0.25, 0.3) is 0 Å². The Hall–Kier alpha value is -1.09. The molecule has 0 aliphatic rings. The predicted molar refractivity (Wildman–Crippen MR) is 50.5 cm³/mol. The largest absolute Gasteiger partial charge is 0.323 e. The van der Waals surface area contributed by atoms with Crippen molar-refractivity contribution in [3.8, 4) is 0 Å². The van der Waals surface area contributed by atoms with Crippen LogP contribution < -0.4 is 5.32 Å². The fraction of sp³-hybridized carbons (Fsp3) is 0.222. The highest BCUT2D eigenvalue weighted by molar-refractivity contribution is 6.29. The lowest BCUT2D eigenvalue weighted by Gasteiger charge is -2.04. The van der Waals surface area contributed by atoms with Gasteiger partial charge in [-0.15, -0.1) is 11.6 Å². The van der Waals surface area contributed by atoms with Gasteiger partial charge in [0.15, 0.2) is 0 Å². The highest BCUT2D eigenvalue weighted by Gasteiger charge is 2.04. The molecule has 0 saturated carbocycles. The molecule has 0 bridgehead atoms. The Labute approximate surface area is 80.7 Å². The molecule has 0 saturated heterocycles. The summed E-state index contributed by atoms with van der Waals surface area (Å²) >= 11 is 5.25. The van der Waals surface area contributed by atoms with Crippen LogP contribution in [0.2, 0.25) is 0 Å². The first-order chi connectivity index (χ1) is 6.13. The lowest BCUT2D eigenvalue weighted by molar-refractivity contribution is -0.113. The second kappa shape index (κ2) is 4.23. The van der Waals surface area contributed by atoms with Crippen molar-refractivity contribution in [3.63, 3.8) is 0 Å². The van der Waals surface area contributed by atoms with Crippen molar-refractivity contribution in [1.29, 1.82) is 0 Å². The molecule has 1 rings (SSSR count). The molecule has 0 aromatic heterocycles. The molecule has 0 fully saturated rings. The van der Waals surface area contributed by atoms with Gasteiger partial charge in [-0.2, -0.15) is 0 Å². The van der Waals surface area contributed by atoms with E-state index in [2.05, 4.69) is 5.32 Å². The van der Waals surface area contributed by atoms with Crippen LogP contribution in [0.4, 0.5) is 10.1 Å². The monoisotopic (exact) mass is 201 g/mol. The van der Waals surface area contributed by atoms with Crippen LogP contribution in [-0.4, -0.2) is 11.8 Å². The SMILES string of the molecule is Cc1ccc(NC(=O)CCl)c(F)c1. The van der Waals surface area contributed by atoms with Crippen molar-refractivity contribution < 1.29 is 9.18 Å². The quantitative estimate of drug-likeness (QED) is 0.731. The summed E-state index contributed by atoms with van der Waals surface area (Å²) < 4.78 is 13.1. The van der Waals surface area contributed by atoms with E-state index in [1.165, 1.54) is 12.1 Å². The summed E-state index contributed by atoms with van der Waals surface area (Å²) in [5, 5.41) is 2.34. The molecule has 0 radical (unpaired) electrons. The Bertz CT molecular complexity index is 327. The van der Waals surface area contributed by atoms with Gasteiger partial charge in [-0.3, -0.25) is 4.79 Å². The molecule has 1 aromatic carbocycles. The third kappa shape index (κ3) is 2.70. The van der Waals surface area contributed by atoms with E-state index in [0.717, 1.165) is 5.56 Å². The Morgan fingerprint density at radius 2 is 2.31 bits per heavy atom.